The van der Waals surface area contributed by atoms with Crippen molar-refractivity contribution in [3.05, 3.63) is 53.9 Å². The van der Waals surface area contributed by atoms with Gasteiger partial charge in [0.25, 0.3) is 0 Å². The smallest absolute Gasteiger partial charge is 0.323 e. The number of anilines is 2. The highest BCUT2D eigenvalue weighted by Gasteiger charge is 2.27. The normalized spacial score (nSPS) is 16.7. The molecule has 7 nitrogen and oxygen atoms in total. The van der Waals surface area contributed by atoms with Crippen LogP contribution in [0, 0.1) is 0 Å². The van der Waals surface area contributed by atoms with Crippen LogP contribution in [0.5, 0.6) is 0 Å². The van der Waals surface area contributed by atoms with Gasteiger partial charge in [-0.1, -0.05) is 44.2 Å². The lowest BCUT2D eigenvalue weighted by Crippen LogP contribution is -2.46. The van der Waals surface area contributed by atoms with Crippen LogP contribution < -0.4 is 11.1 Å². The van der Waals surface area contributed by atoms with Gasteiger partial charge >= 0.3 is 6.03 Å². The van der Waals surface area contributed by atoms with Gasteiger partial charge in [-0.05, 0) is 43.4 Å². The second kappa shape index (κ2) is 10.2. The minimum atomic E-state index is -0.0861. The maximum absolute atomic E-state index is 13.0. The molecule has 3 heterocycles. The van der Waals surface area contributed by atoms with E-state index in [4.69, 9.17) is 10.2 Å². The third kappa shape index (κ3) is 6.29. The summed E-state index contributed by atoms with van der Waals surface area (Å²) in [6.07, 6.45) is 7.54. The topological polar surface area (TPSA) is 97.3 Å². The summed E-state index contributed by atoms with van der Waals surface area (Å²) in [5.41, 5.74) is 7.79. The highest BCUT2D eigenvalue weighted by atomic mass is 32.2. The standard InChI is InChI=1S/C24H31N5O2S2/c1-24(2,3)19-13-26-20(31-19)15-32-21-14-27-22(33-21)28-23(30)29-10-5-4-9-18(29)12-16-7-6-8-17(25)11-16/h6-8,11,13-14,18H,4-5,9-10,12,15,25H2,1-3H3,(H,27,28,30). The molecule has 3 N–H and O–H groups in total. The number of thiazole rings is 1. The number of nitrogen functional groups attached to an aromatic ring is 1. The van der Waals surface area contributed by atoms with E-state index in [1.807, 2.05) is 23.1 Å². The van der Waals surface area contributed by atoms with Gasteiger partial charge in [-0.3, -0.25) is 5.32 Å². The number of piperidine rings is 1. The predicted molar refractivity (Wildman–Crippen MR) is 135 cm³/mol. The quantitative estimate of drug-likeness (QED) is 0.332. The van der Waals surface area contributed by atoms with Crippen molar-refractivity contribution in [3.63, 3.8) is 0 Å². The van der Waals surface area contributed by atoms with Gasteiger partial charge in [0.2, 0.25) is 5.89 Å². The fraction of sp³-hybridized carbons (Fsp3) is 0.458. The molecule has 0 aliphatic carbocycles. The van der Waals surface area contributed by atoms with Crippen molar-refractivity contribution in [2.24, 2.45) is 0 Å². The summed E-state index contributed by atoms with van der Waals surface area (Å²) >= 11 is 3.08. The van der Waals surface area contributed by atoms with Gasteiger partial charge in [-0.15, -0.1) is 11.8 Å². The minimum Gasteiger partial charge on any atom is -0.444 e. The summed E-state index contributed by atoms with van der Waals surface area (Å²) in [6, 6.07) is 8.00. The second-order valence-corrected chi connectivity index (χ2v) is 11.7. The zero-order valence-electron chi connectivity index (χ0n) is 19.3. The minimum absolute atomic E-state index is 0.0582. The van der Waals surface area contributed by atoms with E-state index in [9.17, 15) is 4.79 Å². The van der Waals surface area contributed by atoms with E-state index in [0.29, 0.717) is 16.8 Å². The Kier molecular flexibility index (Phi) is 7.29. The number of urea groups is 1. The molecular formula is C24H31N5O2S2. The van der Waals surface area contributed by atoms with Crippen LogP contribution in [0.4, 0.5) is 15.6 Å². The number of rotatable bonds is 6. The molecule has 1 aliphatic rings. The van der Waals surface area contributed by atoms with E-state index >= 15 is 0 Å². The number of likely N-dealkylation sites (tertiary alicyclic amines) is 1. The number of hydrogen-bond acceptors (Lipinski definition) is 7. The van der Waals surface area contributed by atoms with Crippen molar-refractivity contribution >= 4 is 39.9 Å². The summed E-state index contributed by atoms with van der Waals surface area (Å²) in [6.45, 7) is 7.06. The Morgan fingerprint density at radius 1 is 1.30 bits per heavy atom. The summed E-state index contributed by atoms with van der Waals surface area (Å²) in [5.74, 6) is 2.20. The van der Waals surface area contributed by atoms with Crippen LogP contribution in [-0.4, -0.2) is 33.5 Å². The maximum atomic E-state index is 13.0. The lowest BCUT2D eigenvalue weighted by molar-refractivity contribution is 0.162. The first-order valence-corrected chi connectivity index (χ1v) is 13.0. The van der Waals surface area contributed by atoms with Crippen molar-refractivity contribution in [1.29, 1.82) is 0 Å². The molecule has 1 aromatic carbocycles. The predicted octanol–water partition coefficient (Wildman–Crippen LogP) is 5.93. The Balaban J connectivity index is 1.33. The highest BCUT2D eigenvalue weighted by molar-refractivity contribution is 8.00. The molecule has 1 aliphatic heterocycles. The fourth-order valence-electron chi connectivity index (χ4n) is 3.88. The number of hydrogen-bond donors (Lipinski definition) is 2. The molecule has 1 fully saturated rings. The molecule has 2 aromatic heterocycles. The van der Waals surface area contributed by atoms with Gasteiger partial charge in [0.15, 0.2) is 5.13 Å². The Bertz CT molecular complexity index is 1090. The van der Waals surface area contributed by atoms with Crippen molar-refractivity contribution in [2.45, 2.75) is 67.9 Å². The van der Waals surface area contributed by atoms with Crippen LogP contribution in [0.1, 0.15) is 57.2 Å². The number of amides is 2. The zero-order valence-corrected chi connectivity index (χ0v) is 21.0. The van der Waals surface area contributed by atoms with E-state index in [1.165, 1.54) is 11.3 Å². The van der Waals surface area contributed by atoms with E-state index in [1.54, 1.807) is 24.2 Å². The Labute approximate surface area is 203 Å². The van der Waals surface area contributed by atoms with E-state index in [0.717, 1.165) is 53.4 Å². The largest absolute Gasteiger partial charge is 0.444 e. The Hall–Kier alpha value is -2.52. The van der Waals surface area contributed by atoms with Crippen molar-refractivity contribution in [3.8, 4) is 0 Å². The van der Waals surface area contributed by atoms with Crippen LogP contribution in [0.3, 0.4) is 0 Å². The lowest BCUT2D eigenvalue weighted by Gasteiger charge is -2.35. The first kappa shape index (κ1) is 23.6. The average molecular weight is 486 g/mol. The van der Waals surface area contributed by atoms with Crippen LogP contribution in [0.2, 0.25) is 0 Å². The van der Waals surface area contributed by atoms with Gasteiger partial charge in [-0.25, -0.2) is 14.8 Å². The number of thioether (sulfide) groups is 1. The molecule has 0 spiro atoms. The fourth-order valence-corrected chi connectivity index (χ4v) is 5.59. The molecule has 0 bridgehead atoms. The molecular weight excluding hydrogens is 454 g/mol. The van der Waals surface area contributed by atoms with Crippen molar-refractivity contribution < 1.29 is 9.21 Å². The van der Waals surface area contributed by atoms with Crippen LogP contribution in [0.15, 0.2) is 45.3 Å². The number of aromatic nitrogens is 2. The number of carbonyl (C=O) groups excluding carboxylic acids is 1. The Morgan fingerprint density at radius 2 is 2.15 bits per heavy atom. The molecule has 33 heavy (non-hydrogen) atoms. The monoisotopic (exact) mass is 485 g/mol. The molecule has 1 saturated heterocycles. The summed E-state index contributed by atoms with van der Waals surface area (Å²) in [4.78, 5) is 23.8. The number of benzene rings is 1. The highest BCUT2D eigenvalue weighted by Crippen LogP contribution is 2.32. The number of nitrogens with one attached hydrogen (secondary N) is 1. The first-order valence-electron chi connectivity index (χ1n) is 11.2. The molecule has 176 valence electrons. The molecule has 1 atom stereocenters. The van der Waals surface area contributed by atoms with Crippen molar-refractivity contribution in [2.75, 3.05) is 17.6 Å². The van der Waals surface area contributed by atoms with Crippen molar-refractivity contribution in [1.82, 2.24) is 14.9 Å². The first-order chi connectivity index (χ1) is 15.8. The number of carbonyl (C=O) groups is 1. The molecule has 0 saturated carbocycles. The van der Waals surface area contributed by atoms with Gasteiger partial charge in [0.05, 0.1) is 22.4 Å². The molecule has 1 unspecified atom stereocenters. The van der Waals surface area contributed by atoms with Crippen LogP contribution in [-0.2, 0) is 17.6 Å². The third-order valence-electron chi connectivity index (χ3n) is 5.64. The second-order valence-electron chi connectivity index (χ2n) is 9.36. The van der Waals surface area contributed by atoms with Gasteiger partial charge < -0.3 is 15.1 Å². The summed E-state index contributed by atoms with van der Waals surface area (Å²) < 4.78 is 6.87. The third-order valence-corrected chi connectivity index (χ3v) is 7.73. The zero-order chi connectivity index (χ0) is 23.4. The average Bonchev–Trinajstić information content (AvgIpc) is 3.42. The number of nitrogens with zero attached hydrogens (tertiary/aromatic N) is 3. The molecule has 3 aromatic rings. The van der Waals surface area contributed by atoms with Crippen LogP contribution in [0.25, 0.3) is 0 Å². The number of nitrogens with two attached hydrogens (primary N) is 1. The van der Waals surface area contributed by atoms with E-state index < -0.39 is 0 Å². The van der Waals surface area contributed by atoms with Gasteiger partial charge in [0.1, 0.15) is 5.76 Å². The SMILES string of the molecule is CC(C)(C)c1cnc(CSc2cnc(NC(=O)N3CCCCC3Cc3cccc(N)c3)s2)o1. The lowest BCUT2D eigenvalue weighted by atomic mass is 9.94. The summed E-state index contributed by atoms with van der Waals surface area (Å²) in [5, 5.41) is 3.61. The van der Waals surface area contributed by atoms with Gasteiger partial charge in [-0.2, -0.15) is 0 Å². The molecule has 4 rings (SSSR count). The number of oxazole rings is 1. The molecule has 0 radical (unpaired) electrons. The van der Waals surface area contributed by atoms with E-state index in [-0.39, 0.29) is 17.5 Å². The molecule has 9 heteroatoms. The maximum Gasteiger partial charge on any atom is 0.323 e. The van der Waals surface area contributed by atoms with Gasteiger partial charge in [0, 0.05) is 23.7 Å². The van der Waals surface area contributed by atoms with Crippen LogP contribution >= 0.6 is 23.1 Å². The molecule has 2 amide bonds. The Morgan fingerprint density at radius 3 is 2.91 bits per heavy atom. The summed E-state index contributed by atoms with van der Waals surface area (Å²) in [7, 11) is 0. The van der Waals surface area contributed by atoms with E-state index in [2.05, 4.69) is 42.1 Å².